The predicted octanol–water partition coefficient (Wildman–Crippen LogP) is 3.62. The number of carbonyl (C=O) groups excluding carboxylic acids is 1. The van der Waals surface area contributed by atoms with Gasteiger partial charge in [-0.2, -0.15) is 19.6 Å². The Morgan fingerprint density at radius 1 is 0.913 bits per heavy atom. The van der Waals surface area contributed by atoms with Crippen molar-refractivity contribution in [2.45, 2.75) is 57.8 Å². The number of hydrogen-bond acceptors (Lipinski definition) is 5. The van der Waals surface area contributed by atoms with Crippen molar-refractivity contribution in [2.24, 2.45) is 0 Å². The number of alkyl halides is 3. The Balaban J connectivity index is 0.00000368. The number of nitrogens with zero attached hydrogens (tertiary/aromatic N) is 2. The van der Waals surface area contributed by atoms with E-state index in [0.29, 0.717) is 25.3 Å². The second kappa shape index (κ2) is 16.8. The van der Waals surface area contributed by atoms with E-state index in [4.69, 9.17) is 4.74 Å². The monoisotopic (exact) mass is 653 g/mol. The van der Waals surface area contributed by atoms with Crippen LogP contribution < -0.4 is 45.5 Å². The molecular weight excluding hydrogens is 622 g/mol. The van der Waals surface area contributed by atoms with Crippen molar-refractivity contribution in [1.29, 1.82) is 0 Å². The molecule has 0 fully saturated rings. The summed E-state index contributed by atoms with van der Waals surface area (Å²) in [6.07, 6.45) is -1.35. The van der Waals surface area contributed by atoms with Crippen LogP contribution in [0.4, 0.5) is 22.0 Å². The van der Waals surface area contributed by atoms with Crippen molar-refractivity contribution >= 4 is 6.29 Å². The summed E-state index contributed by atoms with van der Waals surface area (Å²) in [7, 11) is 1.23. The summed E-state index contributed by atoms with van der Waals surface area (Å²) in [6.45, 7) is 0.241. The molecule has 4 aromatic rings. The molecule has 1 atom stereocenters. The zero-order valence-corrected chi connectivity index (χ0v) is 27.5. The maximum Gasteiger partial charge on any atom is 1.00 e. The molecule has 0 aliphatic heterocycles. The van der Waals surface area contributed by atoms with E-state index in [1.807, 2.05) is 18.4 Å². The summed E-state index contributed by atoms with van der Waals surface area (Å²) in [6, 6.07) is 15.5. The van der Waals surface area contributed by atoms with Crippen LogP contribution in [0.15, 0.2) is 76.3 Å². The number of benzene rings is 3. The summed E-state index contributed by atoms with van der Waals surface area (Å²) in [5.74, 6) is -2.70. The quantitative estimate of drug-likeness (QED) is 0.101. The third-order valence-corrected chi connectivity index (χ3v) is 7.64. The summed E-state index contributed by atoms with van der Waals surface area (Å²) in [5.41, 5.74) is -3.76. The van der Waals surface area contributed by atoms with Gasteiger partial charge < -0.3 is 15.0 Å². The molecule has 0 radical (unpaired) electrons. The van der Waals surface area contributed by atoms with E-state index in [0.717, 1.165) is 26.8 Å². The Morgan fingerprint density at radius 3 is 2.22 bits per heavy atom. The van der Waals surface area contributed by atoms with Crippen LogP contribution in [0.3, 0.4) is 0 Å². The van der Waals surface area contributed by atoms with E-state index < -0.39 is 52.6 Å². The summed E-state index contributed by atoms with van der Waals surface area (Å²) in [4.78, 5) is 38.7. The molecule has 4 rings (SSSR count). The van der Waals surface area contributed by atoms with Gasteiger partial charge >= 0.3 is 41.4 Å². The first-order valence-corrected chi connectivity index (χ1v) is 13.9. The van der Waals surface area contributed by atoms with Crippen molar-refractivity contribution in [1.82, 2.24) is 9.13 Å². The van der Waals surface area contributed by atoms with Gasteiger partial charge in [0, 0.05) is 29.3 Å². The average Bonchev–Trinajstić information content (AvgIpc) is 3.00. The van der Waals surface area contributed by atoms with E-state index in [2.05, 4.69) is 0 Å². The first-order chi connectivity index (χ1) is 21.0. The minimum atomic E-state index is -4.93. The summed E-state index contributed by atoms with van der Waals surface area (Å²) in [5, 5.41) is 0. The van der Waals surface area contributed by atoms with Crippen LogP contribution >= 0.6 is 0 Å². The zero-order chi connectivity index (χ0) is 32.0. The number of hydrogen-bond donors (Lipinski definition) is 0. The van der Waals surface area contributed by atoms with Gasteiger partial charge in [-0.1, -0.05) is 61.4 Å². The molecule has 46 heavy (non-hydrogen) atoms. The van der Waals surface area contributed by atoms with Crippen LogP contribution in [0.5, 0.6) is 5.75 Å². The maximum atomic E-state index is 15.6. The number of methoxy groups -OCH3 is 1. The number of unbranched alkanes of at least 4 members (excludes halogenated alkanes) is 2. The molecule has 13 heteroatoms. The number of aromatic nitrogens is 2. The van der Waals surface area contributed by atoms with Crippen LogP contribution in [-0.4, -0.2) is 28.0 Å². The third-order valence-electron chi connectivity index (χ3n) is 7.64. The van der Waals surface area contributed by atoms with Crippen LogP contribution in [0.25, 0.3) is 11.1 Å². The van der Waals surface area contributed by atoms with Gasteiger partial charge in [-0.3, -0.25) is 20.2 Å². The molecule has 0 unspecified atom stereocenters. The number of halogens is 5. The molecule has 7 nitrogen and oxygen atoms in total. The SMILES string of the molecule is COc1cccc(-c2c(C)n(Cc3c(F)cccc3C(F)(F)F)c(=O)n(C[C@H](CCCC[C-]=O)c3ccccc3)c2=O)c1F.[Na+].[OH-]. The van der Waals surface area contributed by atoms with E-state index in [9.17, 15) is 31.9 Å². The normalized spacial score (nSPS) is 11.7. The average molecular weight is 654 g/mol. The van der Waals surface area contributed by atoms with Crippen LogP contribution in [0.2, 0.25) is 0 Å². The number of rotatable bonds is 12. The first kappa shape index (κ1) is 38.6. The van der Waals surface area contributed by atoms with Crippen LogP contribution in [0.1, 0.15) is 54.0 Å². The van der Waals surface area contributed by atoms with Gasteiger partial charge in [0.1, 0.15) is 5.82 Å². The molecule has 240 valence electrons. The standard InChI is InChI=1S/C33H30F5N2O4.Na.H2O/c1-21-29(24-14-9-17-28(44-2)30(24)35)31(42)40(19-23(13-7-4-8-18-41)22-11-5-3-6-12-22)32(43)39(21)20-25-26(33(36,37)38)15-10-16-27(25)34;;/h3,5-6,9-12,14-17,23H,4,7-8,13,19-20H2,1-2H3;;1H2/q-1;+1;/p-1/t23-;;/m0../s1. The van der Waals surface area contributed by atoms with E-state index >= 15 is 4.39 Å². The number of ether oxygens (including phenoxy) is 1. The molecule has 0 spiro atoms. The predicted molar refractivity (Wildman–Crippen MR) is 157 cm³/mol. The van der Waals surface area contributed by atoms with Gasteiger partial charge in [0.2, 0.25) is 0 Å². The largest absolute Gasteiger partial charge is 1.00 e. The summed E-state index contributed by atoms with van der Waals surface area (Å²) >= 11 is 0. The smallest absolute Gasteiger partial charge is 0.870 e. The Labute approximate surface area is 284 Å². The topological polar surface area (TPSA) is 100 Å². The van der Waals surface area contributed by atoms with E-state index in [1.54, 1.807) is 18.2 Å². The van der Waals surface area contributed by atoms with Crippen molar-refractivity contribution in [3.8, 4) is 16.9 Å². The third kappa shape index (κ3) is 8.41. The maximum absolute atomic E-state index is 15.6. The molecule has 1 N–H and O–H groups in total. The molecule has 1 heterocycles. The molecule has 0 saturated heterocycles. The Kier molecular flexibility index (Phi) is 14.1. The van der Waals surface area contributed by atoms with Gasteiger partial charge in [0.25, 0.3) is 5.56 Å². The minimum Gasteiger partial charge on any atom is -0.870 e. The molecule has 0 amide bonds. The molecule has 0 aliphatic rings. The van der Waals surface area contributed by atoms with E-state index in [-0.39, 0.29) is 70.6 Å². The fraction of sp³-hybridized carbons (Fsp3) is 0.303. The molecule has 1 aromatic heterocycles. The van der Waals surface area contributed by atoms with Crippen LogP contribution in [-0.2, 0) is 24.1 Å². The summed E-state index contributed by atoms with van der Waals surface area (Å²) < 4.78 is 79.0. The Bertz CT molecular complexity index is 1760. The van der Waals surface area contributed by atoms with Gasteiger partial charge in [-0.15, -0.1) is 0 Å². The van der Waals surface area contributed by atoms with Gasteiger partial charge in [-0.25, -0.2) is 13.6 Å². The first-order valence-electron chi connectivity index (χ1n) is 13.9. The molecular formula is C33H31F5N2NaO5-. The van der Waals surface area contributed by atoms with Crippen molar-refractivity contribution in [2.75, 3.05) is 7.11 Å². The van der Waals surface area contributed by atoms with Crippen LogP contribution in [0, 0.1) is 18.6 Å². The minimum absolute atomic E-state index is 0. The molecule has 0 bridgehead atoms. The molecule has 0 aliphatic carbocycles. The molecule has 0 saturated carbocycles. The van der Waals surface area contributed by atoms with Crippen molar-refractivity contribution in [3.05, 3.63) is 122 Å². The fourth-order valence-electron chi connectivity index (χ4n) is 5.36. The Morgan fingerprint density at radius 2 is 1.59 bits per heavy atom. The van der Waals surface area contributed by atoms with Crippen molar-refractivity contribution < 1.29 is 66.5 Å². The van der Waals surface area contributed by atoms with Gasteiger partial charge in [0.05, 0.1) is 24.8 Å². The zero-order valence-electron chi connectivity index (χ0n) is 25.5. The van der Waals surface area contributed by atoms with Gasteiger partial charge in [0.15, 0.2) is 11.6 Å². The second-order valence-electron chi connectivity index (χ2n) is 10.3. The van der Waals surface area contributed by atoms with E-state index in [1.165, 1.54) is 32.2 Å². The fourth-order valence-corrected chi connectivity index (χ4v) is 5.36. The molecule has 3 aromatic carbocycles. The van der Waals surface area contributed by atoms with Gasteiger partial charge in [-0.05, 0) is 37.1 Å². The second-order valence-corrected chi connectivity index (χ2v) is 10.3. The van der Waals surface area contributed by atoms with Crippen molar-refractivity contribution in [3.63, 3.8) is 0 Å². The Hall–Kier alpha value is -3.58.